The van der Waals surface area contributed by atoms with Crippen molar-refractivity contribution in [3.8, 4) is 0 Å². The number of nitrogens with one attached hydrogen (secondary N) is 1. The van der Waals surface area contributed by atoms with Crippen LogP contribution in [0.1, 0.15) is 335 Å². The van der Waals surface area contributed by atoms with Gasteiger partial charge in [0.25, 0.3) is 0 Å². The van der Waals surface area contributed by atoms with Crippen molar-refractivity contribution in [1.29, 1.82) is 0 Å². The van der Waals surface area contributed by atoms with E-state index in [1.54, 1.807) is 6.08 Å². The molecular weight excluding hydrogens is 863 g/mol. The fraction of sp³-hybridized carbons (Fsp3) is 0.875. The van der Waals surface area contributed by atoms with Crippen molar-refractivity contribution in [3.05, 3.63) is 36.5 Å². The van der Waals surface area contributed by atoms with Gasteiger partial charge in [-0.3, -0.25) is 9.59 Å². The summed E-state index contributed by atoms with van der Waals surface area (Å²) in [4.78, 5) is 24.5. The molecule has 3 N–H and O–H groups in total. The number of amides is 1. The molecule has 0 aromatic carbocycles. The molecule has 6 heteroatoms. The Bertz CT molecular complexity index is 1130. The quantitative estimate of drug-likeness (QED) is 0.0321. The van der Waals surface area contributed by atoms with Gasteiger partial charge in [-0.1, -0.05) is 294 Å². The molecule has 70 heavy (non-hydrogen) atoms. The van der Waals surface area contributed by atoms with E-state index >= 15 is 0 Å². The maximum atomic E-state index is 12.5. The summed E-state index contributed by atoms with van der Waals surface area (Å²) in [7, 11) is 0. The van der Waals surface area contributed by atoms with Gasteiger partial charge in [-0.2, -0.15) is 0 Å². The second kappa shape index (κ2) is 59.6. The standard InChI is InChI=1S/C64H121NO5/c1-3-5-7-9-11-13-15-17-19-28-32-36-40-44-48-52-56-62(67)61(60-66)65-63(68)57-53-49-45-41-37-33-29-26-24-22-21-23-25-27-31-35-39-43-47-51-55-59-70-64(69)58-54-50-46-42-38-34-30-20-18-16-14-12-10-8-6-4-2/h14,16,20,30,52,56,61-62,66-67H,3-13,15,17-19,21-29,31-51,53-55,57-60H2,1-2H3,(H,65,68)/b16-14-,30-20-,56-52+. The first-order valence-electron chi connectivity index (χ1n) is 31.3. The fourth-order valence-corrected chi connectivity index (χ4v) is 9.61. The second-order valence-corrected chi connectivity index (χ2v) is 21.4. The van der Waals surface area contributed by atoms with Crippen LogP contribution in [-0.4, -0.2) is 47.4 Å². The summed E-state index contributed by atoms with van der Waals surface area (Å²) >= 11 is 0. The molecule has 0 rings (SSSR count). The highest BCUT2D eigenvalue weighted by Gasteiger charge is 2.18. The average Bonchev–Trinajstić information content (AvgIpc) is 3.36. The Morgan fingerprint density at radius 3 is 1.10 bits per heavy atom. The molecule has 2 unspecified atom stereocenters. The molecular formula is C64H121NO5. The number of allylic oxidation sites excluding steroid dienone is 5. The van der Waals surface area contributed by atoms with Crippen LogP contribution >= 0.6 is 0 Å². The van der Waals surface area contributed by atoms with E-state index < -0.39 is 12.1 Å². The van der Waals surface area contributed by atoms with E-state index in [-0.39, 0.29) is 18.5 Å². The number of hydrogen-bond acceptors (Lipinski definition) is 5. The van der Waals surface area contributed by atoms with Crippen LogP contribution in [-0.2, 0) is 14.3 Å². The first-order valence-corrected chi connectivity index (χ1v) is 31.3. The molecule has 6 nitrogen and oxygen atoms in total. The van der Waals surface area contributed by atoms with Crippen molar-refractivity contribution in [2.45, 2.75) is 347 Å². The van der Waals surface area contributed by atoms with Crippen LogP contribution in [0.5, 0.6) is 0 Å². The summed E-state index contributed by atoms with van der Waals surface area (Å²) in [6, 6.07) is -0.629. The Morgan fingerprint density at radius 1 is 0.400 bits per heavy atom. The monoisotopic (exact) mass is 984 g/mol. The van der Waals surface area contributed by atoms with Gasteiger partial charge in [0.1, 0.15) is 0 Å². The summed E-state index contributed by atoms with van der Waals surface area (Å²) in [5, 5.41) is 23.1. The highest BCUT2D eigenvalue weighted by Crippen LogP contribution is 2.17. The van der Waals surface area contributed by atoms with Gasteiger partial charge in [0.15, 0.2) is 0 Å². The largest absolute Gasteiger partial charge is 0.466 e. The summed E-state index contributed by atoms with van der Waals surface area (Å²) in [5.41, 5.74) is 0. The van der Waals surface area contributed by atoms with Crippen LogP contribution in [0.4, 0.5) is 0 Å². The molecule has 0 radical (unpaired) electrons. The molecule has 0 bridgehead atoms. The third-order valence-electron chi connectivity index (χ3n) is 14.4. The van der Waals surface area contributed by atoms with Gasteiger partial charge < -0.3 is 20.3 Å². The number of aliphatic hydroxyl groups excluding tert-OH is 2. The van der Waals surface area contributed by atoms with Gasteiger partial charge in [-0.25, -0.2) is 0 Å². The van der Waals surface area contributed by atoms with Crippen LogP contribution in [0.2, 0.25) is 0 Å². The van der Waals surface area contributed by atoms with Crippen LogP contribution in [0.3, 0.4) is 0 Å². The van der Waals surface area contributed by atoms with Gasteiger partial charge in [-0.05, 0) is 64.2 Å². The van der Waals surface area contributed by atoms with Gasteiger partial charge in [0, 0.05) is 12.8 Å². The minimum absolute atomic E-state index is 0.00199. The predicted molar refractivity (Wildman–Crippen MR) is 306 cm³/mol. The third kappa shape index (κ3) is 55.4. The zero-order valence-corrected chi connectivity index (χ0v) is 47.0. The fourth-order valence-electron chi connectivity index (χ4n) is 9.61. The molecule has 0 aliphatic rings. The molecule has 0 spiro atoms. The lowest BCUT2D eigenvalue weighted by molar-refractivity contribution is -0.143. The number of esters is 1. The molecule has 1 amide bonds. The highest BCUT2D eigenvalue weighted by atomic mass is 16.5. The van der Waals surface area contributed by atoms with Crippen molar-refractivity contribution < 1.29 is 24.5 Å². The van der Waals surface area contributed by atoms with Gasteiger partial charge in [0.05, 0.1) is 25.4 Å². The lowest BCUT2D eigenvalue weighted by atomic mass is 10.0. The van der Waals surface area contributed by atoms with E-state index in [4.69, 9.17) is 4.74 Å². The highest BCUT2D eigenvalue weighted by molar-refractivity contribution is 5.76. The minimum atomic E-state index is -0.846. The Hall–Kier alpha value is -1.92. The second-order valence-electron chi connectivity index (χ2n) is 21.4. The molecule has 0 aromatic rings. The number of rotatable bonds is 58. The maximum absolute atomic E-state index is 12.5. The van der Waals surface area contributed by atoms with Gasteiger partial charge in [0.2, 0.25) is 5.91 Å². The molecule has 2 atom stereocenters. The first kappa shape index (κ1) is 68.1. The number of unbranched alkanes of at least 4 members (excludes halogenated alkanes) is 43. The summed E-state index contributed by atoms with van der Waals surface area (Å²) in [5.74, 6) is -0.0696. The van der Waals surface area contributed by atoms with Crippen LogP contribution in [0.25, 0.3) is 0 Å². The summed E-state index contributed by atoms with van der Waals surface area (Å²) in [6.07, 6.45) is 74.6. The van der Waals surface area contributed by atoms with Crippen molar-refractivity contribution in [2.24, 2.45) is 0 Å². The van der Waals surface area contributed by atoms with E-state index in [1.807, 2.05) is 6.08 Å². The molecule has 412 valence electrons. The molecule has 0 heterocycles. The van der Waals surface area contributed by atoms with Crippen molar-refractivity contribution in [1.82, 2.24) is 5.32 Å². The number of ether oxygens (including phenoxy) is 1. The maximum Gasteiger partial charge on any atom is 0.305 e. The summed E-state index contributed by atoms with van der Waals surface area (Å²) < 4.78 is 5.48. The predicted octanol–water partition coefficient (Wildman–Crippen LogP) is 19.6. The smallest absolute Gasteiger partial charge is 0.305 e. The zero-order chi connectivity index (χ0) is 50.7. The Balaban J connectivity index is 3.41. The number of carbonyl (C=O) groups excluding carboxylic acids is 2. The number of carbonyl (C=O) groups is 2. The third-order valence-corrected chi connectivity index (χ3v) is 14.4. The molecule has 0 fully saturated rings. The lowest BCUT2D eigenvalue weighted by Gasteiger charge is -2.20. The lowest BCUT2D eigenvalue weighted by Crippen LogP contribution is -2.45. The minimum Gasteiger partial charge on any atom is -0.466 e. The Labute approximate surface area is 436 Å². The van der Waals surface area contributed by atoms with Crippen LogP contribution in [0, 0.1) is 0 Å². The van der Waals surface area contributed by atoms with E-state index in [0.29, 0.717) is 19.4 Å². The zero-order valence-electron chi connectivity index (χ0n) is 47.0. The van der Waals surface area contributed by atoms with E-state index in [0.717, 1.165) is 51.4 Å². The number of aliphatic hydroxyl groups is 2. The van der Waals surface area contributed by atoms with E-state index in [2.05, 4.69) is 43.5 Å². The van der Waals surface area contributed by atoms with Crippen LogP contribution in [0.15, 0.2) is 36.5 Å². The topological polar surface area (TPSA) is 95.9 Å². The molecule has 0 aliphatic carbocycles. The normalized spacial score (nSPS) is 12.8. The number of hydrogen-bond donors (Lipinski definition) is 3. The van der Waals surface area contributed by atoms with Crippen LogP contribution < -0.4 is 5.32 Å². The SMILES string of the molecule is CCCCCC/C=C\C/C=C\CCCCCCCC(=O)OCCCCCCCCCCCCCCCCCCCCCCCC(=O)NC(CO)C(O)/C=C/CCCCCCCCCCCCCCCC. The van der Waals surface area contributed by atoms with Crippen molar-refractivity contribution in [3.63, 3.8) is 0 Å². The van der Waals surface area contributed by atoms with E-state index in [9.17, 15) is 19.8 Å². The summed E-state index contributed by atoms with van der Waals surface area (Å²) in [6.45, 7) is 4.89. The Kier molecular flexibility index (Phi) is 58.0. The first-order chi connectivity index (χ1) is 34.5. The average molecular weight is 985 g/mol. The van der Waals surface area contributed by atoms with Gasteiger partial charge in [-0.15, -0.1) is 0 Å². The molecule has 0 aliphatic heterocycles. The molecule has 0 saturated heterocycles. The molecule has 0 saturated carbocycles. The van der Waals surface area contributed by atoms with E-state index in [1.165, 1.54) is 257 Å². The van der Waals surface area contributed by atoms with Crippen molar-refractivity contribution in [2.75, 3.05) is 13.2 Å². The molecule has 0 aromatic heterocycles. The van der Waals surface area contributed by atoms with Gasteiger partial charge >= 0.3 is 5.97 Å². The Morgan fingerprint density at radius 2 is 0.714 bits per heavy atom. The van der Waals surface area contributed by atoms with Crippen molar-refractivity contribution >= 4 is 11.9 Å².